The highest BCUT2D eigenvalue weighted by Crippen LogP contribution is 2.37. The molecule has 0 spiro atoms. The molecule has 0 saturated carbocycles. The Bertz CT molecular complexity index is 887. The van der Waals surface area contributed by atoms with Gasteiger partial charge in [-0.1, -0.05) is 99.7 Å². The molecule has 1 aliphatic heterocycles. The molecule has 3 nitrogen and oxygen atoms in total. The van der Waals surface area contributed by atoms with Crippen molar-refractivity contribution >= 4 is 24.6 Å². The molecule has 1 unspecified atom stereocenters. The fraction of sp³-hybridized carbons (Fsp3) is 0.292. The zero-order chi connectivity index (χ0) is 19.8. The molecule has 0 radical (unpaired) electrons. The van der Waals surface area contributed by atoms with E-state index in [9.17, 15) is 4.80 Å². The number of hydrogen-bond acceptors (Lipinski definition) is 3. The Morgan fingerprint density at radius 2 is 1.54 bits per heavy atom. The number of benzene rings is 2. The Labute approximate surface area is 168 Å². The zero-order valence-electron chi connectivity index (χ0n) is 16.7. The van der Waals surface area contributed by atoms with Gasteiger partial charge in [-0.15, -0.1) is 0 Å². The lowest BCUT2D eigenvalue weighted by atomic mass is 9.88. The van der Waals surface area contributed by atoms with Crippen LogP contribution in [0.15, 0.2) is 89.5 Å². The number of nitrogens with zero attached hydrogens (tertiary/aromatic N) is 1. The summed E-state index contributed by atoms with van der Waals surface area (Å²) < 4.78 is 6.03. The molecule has 0 amide bonds. The first-order chi connectivity index (χ1) is 13.4. The van der Waals surface area contributed by atoms with Crippen molar-refractivity contribution in [2.24, 2.45) is 10.4 Å². The lowest BCUT2D eigenvalue weighted by Crippen LogP contribution is -2.62. The molecule has 28 heavy (non-hydrogen) atoms. The fourth-order valence-electron chi connectivity index (χ4n) is 3.93. The number of aliphatic imine (C=N–C) groups is 1. The highest BCUT2D eigenvalue weighted by Gasteiger charge is 2.47. The molecule has 0 bridgehead atoms. The van der Waals surface area contributed by atoms with E-state index >= 15 is 0 Å². The van der Waals surface area contributed by atoms with Crippen LogP contribution in [0, 0.1) is 5.41 Å². The maximum atomic E-state index is 12.2. The number of hydrogen-bond donors (Lipinski definition) is 1. The van der Waals surface area contributed by atoms with Crippen molar-refractivity contribution in [3.8, 4) is 0 Å². The van der Waals surface area contributed by atoms with Crippen molar-refractivity contribution in [3.05, 3.63) is 84.5 Å². The van der Waals surface area contributed by atoms with Gasteiger partial charge in [0.25, 0.3) is 8.32 Å². The third-order valence-corrected chi connectivity index (χ3v) is 9.52. The third-order valence-electron chi connectivity index (χ3n) is 5.69. The van der Waals surface area contributed by atoms with Crippen molar-refractivity contribution in [3.63, 3.8) is 0 Å². The SMILES string of the molecule is CC(C)(C)[C@H]1COC(C2=CC=CC2[Si](O)(c2ccccc2)c2ccccc2)=N1. The molecule has 1 aliphatic carbocycles. The van der Waals surface area contributed by atoms with Crippen LogP contribution in [0.4, 0.5) is 0 Å². The Hall–Kier alpha value is -2.43. The molecule has 2 aromatic rings. The summed E-state index contributed by atoms with van der Waals surface area (Å²) in [4.78, 5) is 17.1. The molecule has 4 heteroatoms. The average Bonchev–Trinajstić information content (AvgIpc) is 3.38. The van der Waals surface area contributed by atoms with Gasteiger partial charge in [-0.05, 0) is 15.8 Å². The van der Waals surface area contributed by atoms with E-state index in [4.69, 9.17) is 9.73 Å². The van der Waals surface area contributed by atoms with Crippen LogP contribution in [-0.4, -0.2) is 31.7 Å². The highest BCUT2D eigenvalue weighted by molar-refractivity contribution is 6.98. The van der Waals surface area contributed by atoms with Crippen molar-refractivity contribution < 1.29 is 9.53 Å². The first-order valence-corrected chi connectivity index (χ1v) is 11.9. The molecule has 1 heterocycles. The smallest absolute Gasteiger partial charge is 0.264 e. The first kappa shape index (κ1) is 18.9. The minimum absolute atomic E-state index is 0.0520. The second kappa shape index (κ2) is 7.19. The van der Waals surface area contributed by atoms with Crippen molar-refractivity contribution in [1.29, 1.82) is 0 Å². The van der Waals surface area contributed by atoms with Gasteiger partial charge in [0.15, 0.2) is 0 Å². The quantitative estimate of drug-likeness (QED) is 0.814. The van der Waals surface area contributed by atoms with E-state index in [1.165, 1.54) is 0 Å². The topological polar surface area (TPSA) is 41.8 Å². The minimum Gasteiger partial charge on any atom is -0.475 e. The van der Waals surface area contributed by atoms with E-state index < -0.39 is 8.32 Å². The summed E-state index contributed by atoms with van der Waals surface area (Å²) in [5, 5.41) is 1.99. The highest BCUT2D eigenvalue weighted by atomic mass is 28.4. The number of ether oxygens (including phenoxy) is 1. The monoisotopic (exact) mass is 389 g/mol. The van der Waals surface area contributed by atoms with E-state index in [0.717, 1.165) is 15.9 Å². The summed E-state index contributed by atoms with van der Waals surface area (Å²) in [7, 11) is -3.08. The summed E-state index contributed by atoms with van der Waals surface area (Å²) >= 11 is 0. The second-order valence-electron chi connectivity index (χ2n) is 8.61. The molecule has 2 atom stereocenters. The molecular formula is C24H27NO2Si. The molecule has 2 aliphatic rings. The lowest BCUT2D eigenvalue weighted by molar-refractivity contribution is 0.235. The molecule has 2 aromatic carbocycles. The lowest BCUT2D eigenvalue weighted by Gasteiger charge is -2.33. The van der Waals surface area contributed by atoms with Crippen LogP contribution in [0.3, 0.4) is 0 Å². The third kappa shape index (κ3) is 3.27. The molecule has 1 N–H and O–H groups in total. The molecule has 0 aromatic heterocycles. The molecule has 4 rings (SSSR count). The van der Waals surface area contributed by atoms with Crippen molar-refractivity contribution in [2.45, 2.75) is 32.4 Å². The van der Waals surface area contributed by atoms with Gasteiger partial charge < -0.3 is 9.53 Å². The largest absolute Gasteiger partial charge is 0.475 e. The van der Waals surface area contributed by atoms with Gasteiger partial charge >= 0.3 is 0 Å². The van der Waals surface area contributed by atoms with Crippen LogP contribution in [-0.2, 0) is 4.74 Å². The van der Waals surface area contributed by atoms with Crippen molar-refractivity contribution in [1.82, 2.24) is 0 Å². The second-order valence-corrected chi connectivity index (χ2v) is 11.9. The maximum Gasteiger partial charge on any atom is 0.264 e. The molecule has 144 valence electrons. The molecule has 0 fully saturated rings. The summed E-state index contributed by atoms with van der Waals surface area (Å²) in [5.74, 6) is 0.688. The van der Waals surface area contributed by atoms with Crippen LogP contribution in [0.2, 0.25) is 5.54 Å². The van der Waals surface area contributed by atoms with E-state index in [2.05, 4.69) is 32.9 Å². The minimum atomic E-state index is -3.08. The van der Waals surface area contributed by atoms with E-state index in [1.54, 1.807) is 0 Å². The average molecular weight is 390 g/mol. The summed E-state index contributed by atoms with van der Waals surface area (Å²) in [6.45, 7) is 7.15. The van der Waals surface area contributed by atoms with Gasteiger partial charge in [0.2, 0.25) is 5.90 Å². The first-order valence-electron chi connectivity index (χ1n) is 9.83. The van der Waals surface area contributed by atoms with Gasteiger partial charge in [0.05, 0.1) is 6.04 Å². The number of allylic oxidation sites excluding steroid dienone is 3. The van der Waals surface area contributed by atoms with E-state index in [-0.39, 0.29) is 17.0 Å². The summed E-state index contributed by atoms with van der Waals surface area (Å²) in [6.07, 6.45) is 6.19. The predicted octanol–water partition coefficient (Wildman–Crippen LogP) is 3.45. The van der Waals surface area contributed by atoms with Gasteiger partial charge in [-0.3, -0.25) is 0 Å². The fourth-order valence-corrected chi connectivity index (χ4v) is 7.44. The summed E-state index contributed by atoms with van der Waals surface area (Å²) in [6, 6.07) is 20.3. The van der Waals surface area contributed by atoms with Crippen LogP contribution in [0.25, 0.3) is 0 Å². The maximum absolute atomic E-state index is 12.2. The Morgan fingerprint density at radius 1 is 0.964 bits per heavy atom. The normalized spacial score (nSPS) is 22.0. The van der Waals surface area contributed by atoms with Gasteiger partial charge in [0.1, 0.15) is 6.61 Å². The van der Waals surface area contributed by atoms with Crippen LogP contribution < -0.4 is 10.4 Å². The summed E-state index contributed by atoms with van der Waals surface area (Å²) in [5.41, 5.74) is 0.916. The Morgan fingerprint density at radius 3 is 2.04 bits per heavy atom. The van der Waals surface area contributed by atoms with Gasteiger partial charge in [-0.25, -0.2) is 4.99 Å². The van der Waals surface area contributed by atoms with Crippen LogP contribution in [0.1, 0.15) is 20.8 Å². The van der Waals surface area contributed by atoms with E-state index in [1.807, 2.05) is 66.7 Å². The Balaban J connectivity index is 1.78. The standard InChI is InChI=1S/C24H27NO2Si/c1-24(2,3)22-17-27-23(25-22)20-15-10-16-21(20)28(26,18-11-6-4-7-12-18)19-13-8-5-9-14-19/h4-16,21-22,26H,17H2,1-3H3/t21?,22-/m1/s1. The van der Waals surface area contributed by atoms with Gasteiger partial charge in [-0.2, -0.15) is 0 Å². The Kier molecular flexibility index (Phi) is 4.85. The number of rotatable bonds is 4. The molecule has 0 saturated heterocycles. The molecular weight excluding hydrogens is 362 g/mol. The predicted molar refractivity (Wildman–Crippen MR) is 118 cm³/mol. The van der Waals surface area contributed by atoms with Gasteiger partial charge in [0, 0.05) is 11.1 Å². The van der Waals surface area contributed by atoms with Crippen LogP contribution in [0.5, 0.6) is 0 Å². The van der Waals surface area contributed by atoms with Crippen LogP contribution >= 0.6 is 0 Å². The van der Waals surface area contributed by atoms with E-state index in [0.29, 0.717) is 12.5 Å². The zero-order valence-corrected chi connectivity index (χ0v) is 17.7. The van der Waals surface area contributed by atoms with Crippen molar-refractivity contribution in [2.75, 3.05) is 6.61 Å².